The molecule has 13 heteroatoms. The Balaban J connectivity index is 2.45. The fourth-order valence-corrected chi connectivity index (χ4v) is 10.0. The number of hydrogen-bond donors (Lipinski definition) is 0. The van der Waals surface area contributed by atoms with Gasteiger partial charge in [-0.15, -0.1) is 0 Å². The summed E-state index contributed by atoms with van der Waals surface area (Å²) >= 11 is 13.0. The van der Waals surface area contributed by atoms with Crippen LogP contribution in [0.2, 0.25) is 0 Å². The molecule has 0 heterocycles. The number of rotatable bonds is 5. The lowest BCUT2D eigenvalue weighted by Gasteiger charge is -2.36. The molecule has 0 aliphatic rings. The number of ether oxygens (including phenoxy) is 1. The summed E-state index contributed by atoms with van der Waals surface area (Å²) in [4.78, 5) is 0. The van der Waals surface area contributed by atoms with Gasteiger partial charge in [-0.05, 0) is 28.1 Å². The molecule has 1 unspecified atom stereocenters. The van der Waals surface area contributed by atoms with Gasteiger partial charge in [0.1, 0.15) is 5.75 Å². The van der Waals surface area contributed by atoms with Crippen LogP contribution < -0.4 is 8.53 Å². The summed E-state index contributed by atoms with van der Waals surface area (Å²) in [6.45, 7) is 0. The molecule has 27 heavy (non-hydrogen) atoms. The third-order valence-corrected chi connectivity index (χ3v) is 15.6. The predicted octanol–water partition coefficient (Wildman–Crippen LogP) is 7.19. The Morgan fingerprint density at radius 3 is 1.63 bits per heavy atom. The van der Waals surface area contributed by atoms with Crippen molar-refractivity contribution in [3.8, 4) is 11.5 Å². The summed E-state index contributed by atoms with van der Waals surface area (Å²) < 4.78 is 76.1. The summed E-state index contributed by atoms with van der Waals surface area (Å²) in [6, 6.07) is 8.29. The number of hydrogen-bond acceptors (Lipinski definition) is 2. The van der Waals surface area contributed by atoms with E-state index < -0.39 is 53.0 Å². The van der Waals surface area contributed by atoms with E-state index in [0.29, 0.717) is 5.75 Å². The zero-order chi connectivity index (χ0) is 20.6. The lowest BCUT2D eigenvalue weighted by molar-refractivity contribution is 0.247. The van der Waals surface area contributed by atoms with Crippen molar-refractivity contribution in [2.45, 2.75) is 5.52 Å². The van der Waals surface area contributed by atoms with Crippen molar-refractivity contribution in [2.24, 2.45) is 0 Å². The van der Waals surface area contributed by atoms with Crippen LogP contribution in [0.25, 0.3) is 0 Å². The average Bonchev–Trinajstić information content (AvgIpc) is 2.61. The predicted molar refractivity (Wildman–Crippen MR) is 110 cm³/mol. The van der Waals surface area contributed by atoms with E-state index in [-0.39, 0.29) is 0 Å². The highest BCUT2D eigenvalue weighted by molar-refractivity contribution is 9.40. The van der Waals surface area contributed by atoms with Gasteiger partial charge in [0.15, 0.2) is 7.89 Å². The molecular weight excluding hydrogens is 722 g/mol. The van der Waals surface area contributed by atoms with Crippen LogP contribution in [0.4, 0.5) is 22.0 Å². The molecule has 0 N–H and O–H groups in total. The fourth-order valence-electron chi connectivity index (χ4n) is 1.76. The number of halogens is 10. The van der Waals surface area contributed by atoms with Crippen LogP contribution in [-0.2, 0) is 0 Å². The smallest absolute Gasteiger partial charge is 0.628 e. The van der Waals surface area contributed by atoms with E-state index in [9.17, 15) is 22.0 Å². The van der Waals surface area contributed by atoms with Crippen molar-refractivity contribution in [3.63, 3.8) is 0 Å². The van der Waals surface area contributed by atoms with Crippen LogP contribution in [-0.4, -0.2) is 18.2 Å². The standard InChI is InChI=1S/C8H5Br4O.C6HF5O.Al.BrH/c9-7(8(10,11)12)13-6-4-2-1-3-5-6;7-1-2(8)4(10)6(12)5(11)3(1)9;;/h1-5H;12H;;1H/q;;+2;/p-2. The van der Waals surface area contributed by atoms with E-state index in [2.05, 4.69) is 77.8 Å². The molecule has 0 bridgehead atoms. The Hall–Kier alpha value is 0.622. The van der Waals surface area contributed by atoms with E-state index in [0.717, 1.165) is 0 Å². The van der Waals surface area contributed by atoms with Crippen LogP contribution in [0.5, 0.6) is 11.5 Å². The summed E-state index contributed by atoms with van der Waals surface area (Å²) in [5, 5.41) is 0. The van der Waals surface area contributed by atoms with Gasteiger partial charge in [0.05, 0.1) is 0 Å². The van der Waals surface area contributed by atoms with Crippen LogP contribution in [0.3, 0.4) is 0 Å². The van der Waals surface area contributed by atoms with E-state index in [1.54, 1.807) is 30.3 Å². The van der Waals surface area contributed by atoms with Crippen molar-refractivity contribution in [3.05, 3.63) is 59.4 Å². The number of para-hydroxylation sites is 1. The van der Waals surface area contributed by atoms with E-state index >= 15 is 0 Å². The summed E-state index contributed by atoms with van der Waals surface area (Å²) in [5.74, 6) is -11.7. The molecule has 0 amide bonds. The Morgan fingerprint density at radius 1 is 0.741 bits per heavy atom. The Bertz CT molecular complexity index is 810. The molecule has 2 nitrogen and oxygen atoms in total. The quantitative estimate of drug-likeness (QED) is 0.107. The van der Waals surface area contributed by atoms with E-state index in [1.165, 1.54) is 0 Å². The second-order valence-corrected chi connectivity index (χ2v) is 17.9. The number of alkyl halides is 4. The van der Waals surface area contributed by atoms with Gasteiger partial charge in [0, 0.05) is 0 Å². The van der Waals surface area contributed by atoms with Crippen molar-refractivity contribution in [2.75, 3.05) is 0 Å². The van der Waals surface area contributed by atoms with Crippen LogP contribution in [0.15, 0.2) is 30.3 Å². The largest absolute Gasteiger partial charge is 0.709 e. The van der Waals surface area contributed by atoms with E-state index in [1.807, 2.05) is 0 Å². The van der Waals surface area contributed by atoms with Gasteiger partial charge in [-0.25, -0.2) is 13.2 Å². The Morgan fingerprint density at radius 2 is 1.19 bits per heavy atom. The third kappa shape index (κ3) is 5.03. The lowest BCUT2D eigenvalue weighted by atomic mass is 10.3. The molecule has 0 radical (unpaired) electrons. The second kappa shape index (κ2) is 9.18. The molecular formula is C14H5AlBr5F5O2. The maximum atomic E-state index is 13.9. The molecule has 146 valence electrons. The molecule has 0 aromatic heterocycles. The molecule has 1 atom stereocenters. The van der Waals surface area contributed by atoms with Gasteiger partial charge in [-0.2, -0.15) is 22.8 Å². The molecule has 0 fully saturated rings. The van der Waals surface area contributed by atoms with Gasteiger partial charge in [0.2, 0.25) is 32.5 Å². The molecule has 2 aromatic rings. The second-order valence-electron chi connectivity index (χ2n) is 4.89. The van der Waals surface area contributed by atoms with Crippen molar-refractivity contribution in [1.82, 2.24) is 0 Å². The first-order valence-corrected chi connectivity index (χ1v) is 14.1. The zero-order valence-electron chi connectivity index (χ0n) is 12.6. The fraction of sp³-hybridized carbons (Fsp3) is 0.143. The maximum Gasteiger partial charge on any atom is 0.709 e. The minimum atomic E-state index is -3.14. The molecule has 2 rings (SSSR count). The molecule has 0 spiro atoms. The molecule has 0 aliphatic carbocycles. The van der Waals surface area contributed by atoms with Gasteiger partial charge in [-0.3, -0.25) is 0 Å². The minimum absolute atomic E-state index is 0.343. The Labute approximate surface area is 195 Å². The van der Waals surface area contributed by atoms with Gasteiger partial charge < -0.3 is 8.53 Å². The Kier molecular flexibility index (Phi) is 8.13. The van der Waals surface area contributed by atoms with E-state index in [4.69, 9.17) is 8.53 Å². The summed E-state index contributed by atoms with van der Waals surface area (Å²) in [5.41, 5.74) is 0. The van der Waals surface area contributed by atoms with Crippen LogP contribution in [0, 0.1) is 29.1 Å². The van der Waals surface area contributed by atoms with Crippen molar-refractivity contribution in [1.29, 1.82) is 0 Å². The van der Waals surface area contributed by atoms with Gasteiger partial charge >= 0.3 is 12.7 Å². The van der Waals surface area contributed by atoms with Crippen molar-refractivity contribution >= 4 is 90.4 Å². The molecule has 0 saturated heterocycles. The van der Waals surface area contributed by atoms with Crippen LogP contribution in [0.1, 0.15) is 0 Å². The normalized spacial score (nSPS) is 13.9. The maximum absolute atomic E-state index is 13.9. The average molecular weight is 727 g/mol. The van der Waals surface area contributed by atoms with Gasteiger partial charge in [-0.1, -0.05) is 66.0 Å². The monoisotopic (exact) mass is 722 g/mol. The highest BCUT2D eigenvalue weighted by atomic mass is 80.0. The van der Waals surface area contributed by atoms with Crippen LogP contribution >= 0.6 is 77.8 Å². The molecule has 0 saturated carbocycles. The molecule has 0 aliphatic heterocycles. The van der Waals surface area contributed by atoms with Gasteiger partial charge in [0.25, 0.3) is 0 Å². The minimum Gasteiger partial charge on any atom is -0.628 e. The lowest BCUT2D eigenvalue weighted by Crippen LogP contribution is -2.54. The first-order chi connectivity index (χ1) is 12.4. The first kappa shape index (κ1) is 23.9. The SMILES string of the molecule is Fc1c(F)c(F)c([O][Al]([Br])[C](Br)(Oc2ccccc2)C(Br)(Br)Br)c(F)c1F. The molecule has 2 aromatic carbocycles. The zero-order valence-corrected chi connectivity index (χ0v) is 21.6. The topological polar surface area (TPSA) is 18.5 Å². The van der Waals surface area contributed by atoms with Crippen molar-refractivity contribution < 1.29 is 30.5 Å². The number of benzene rings is 2. The summed E-state index contributed by atoms with van der Waals surface area (Å²) in [6.07, 6.45) is 0. The third-order valence-electron chi connectivity index (χ3n) is 3.08. The highest BCUT2D eigenvalue weighted by Gasteiger charge is 2.61. The summed E-state index contributed by atoms with van der Waals surface area (Å²) in [7, 11) is 0. The first-order valence-electron chi connectivity index (χ1n) is 6.72. The highest BCUT2D eigenvalue weighted by Crippen LogP contribution is 2.52.